The highest BCUT2D eigenvalue weighted by atomic mass is 35.5. The summed E-state index contributed by atoms with van der Waals surface area (Å²) in [6.07, 6.45) is 1.43. The minimum Gasteiger partial charge on any atom is -0.462 e. The van der Waals surface area contributed by atoms with Crippen LogP contribution in [0.5, 0.6) is 0 Å². The Bertz CT molecular complexity index is 208. The van der Waals surface area contributed by atoms with Crippen LogP contribution in [0.2, 0.25) is 0 Å². The van der Waals surface area contributed by atoms with Crippen molar-refractivity contribution in [2.45, 2.75) is 53.6 Å². The van der Waals surface area contributed by atoms with Gasteiger partial charge in [-0.3, -0.25) is 4.79 Å². The van der Waals surface area contributed by atoms with Crippen LogP contribution < -0.4 is 5.73 Å². The van der Waals surface area contributed by atoms with Gasteiger partial charge >= 0.3 is 5.97 Å². The zero-order chi connectivity index (χ0) is 12.7. The van der Waals surface area contributed by atoms with Crippen LogP contribution in [0.4, 0.5) is 0 Å². The van der Waals surface area contributed by atoms with Gasteiger partial charge in [0.05, 0.1) is 0 Å². The van der Waals surface area contributed by atoms with Crippen LogP contribution in [0.3, 0.4) is 0 Å². The molecule has 0 rings (SSSR count). The van der Waals surface area contributed by atoms with Gasteiger partial charge in [0.2, 0.25) is 0 Å². The Kier molecular flexibility index (Phi) is 10.9. The third kappa shape index (κ3) is 9.42. The molecule has 3 nitrogen and oxygen atoms in total. The van der Waals surface area contributed by atoms with E-state index in [1.165, 1.54) is 0 Å². The first-order valence-corrected chi connectivity index (χ1v) is 6.26. The van der Waals surface area contributed by atoms with Crippen LogP contribution >= 0.6 is 12.4 Å². The second-order valence-corrected chi connectivity index (χ2v) is 5.37. The number of hydrogen-bond donors (Lipinski definition) is 1. The van der Waals surface area contributed by atoms with Crippen LogP contribution in [-0.2, 0) is 9.53 Å². The van der Waals surface area contributed by atoms with Gasteiger partial charge in [-0.05, 0) is 37.6 Å². The summed E-state index contributed by atoms with van der Waals surface area (Å²) in [6, 6.07) is 0. The number of carbonyl (C=O) groups excluding carboxylic acids is 1. The van der Waals surface area contributed by atoms with E-state index >= 15 is 0 Å². The molecule has 0 spiro atoms. The molecule has 104 valence electrons. The summed E-state index contributed by atoms with van der Waals surface area (Å²) in [7, 11) is 0. The second kappa shape index (κ2) is 9.72. The minimum absolute atomic E-state index is 0. The lowest BCUT2D eigenvalue weighted by Crippen LogP contribution is -2.25. The van der Waals surface area contributed by atoms with Gasteiger partial charge in [0, 0.05) is 6.42 Å². The van der Waals surface area contributed by atoms with Crippen LogP contribution in [0.25, 0.3) is 0 Å². The van der Waals surface area contributed by atoms with Crippen molar-refractivity contribution in [2.24, 2.45) is 23.5 Å². The zero-order valence-electron chi connectivity index (χ0n) is 11.7. The molecule has 0 amide bonds. The SMILES string of the molecule is CC(C)C[C@H](CN)CC(=O)OC(C)C(C)C.Cl. The molecule has 0 aromatic carbocycles. The maximum absolute atomic E-state index is 11.6. The van der Waals surface area contributed by atoms with Crippen molar-refractivity contribution in [3.8, 4) is 0 Å². The molecule has 1 unspecified atom stereocenters. The first-order valence-electron chi connectivity index (χ1n) is 6.26. The van der Waals surface area contributed by atoms with E-state index in [1.54, 1.807) is 0 Å². The van der Waals surface area contributed by atoms with Crippen molar-refractivity contribution < 1.29 is 9.53 Å². The fourth-order valence-electron chi connectivity index (χ4n) is 1.56. The summed E-state index contributed by atoms with van der Waals surface area (Å²) in [4.78, 5) is 11.6. The molecular formula is C13H28ClNO2. The fraction of sp³-hybridized carbons (Fsp3) is 0.923. The van der Waals surface area contributed by atoms with E-state index in [2.05, 4.69) is 13.8 Å². The van der Waals surface area contributed by atoms with Crippen molar-refractivity contribution in [1.82, 2.24) is 0 Å². The highest BCUT2D eigenvalue weighted by Crippen LogP contribution is 2.16. The summed E-state index contributed by atoms with van der Waals surface area (Å²) in [6.45, 7) is 10.9. The maximum atomic E-state index is 11.6. The lowest BCUT2D eigenvalue weighted by atomic mass is 9.94. The van der Waals surface area contributed by atoms with Gasteiger partial charge in [0.25, 0.3) is 0 Å². The van der Waals surface area contributed by atoms with E-state index in [0.29, 0.717) is 24.8 Å². The Morgan fingerprint density at radius 3 is 2.06 bits per heavy atom. The highest BCUT2D eigenvalue weighted by molar-refractivity contribution is 5.85. The molecule has 0 aromatic rings. The molecule has 0 saturated carbocycles. The van der Waals surface area contributed by atoms with Gasteiger partial charge < -0.3 is 10.5 Å². The Hall–Kier alpha value is -0.280. The average molecular weight is 266 g/mol. The number of esters is 1. The molecule has 0 fully saturated rings. The van der Waals surface area contributed by atoms with Gasteiger partial charge in [-0.15, -0.1) is 12.4 Å². The molecule has 17 heavy (non-hydrogen) atoms. The monoisotopic (exact) mass is 265 g/mol. The number of ether oxygens (including phenoxy) is 1. The van der Waals surface area contributed by atoms with Gasteiger partial charge in [-0.2, -0.15) is 0 Å². The third-order valence-electron chi connectivity index (χ3n) is 2.85. The zero-order valence-corrected chi connectivity index (χ0v) is 12.5. The van der Waals surface area contributed by atoms with Gasteiger partial charge in [-0.25, -0.2) is 0 Å². The summed E-state index contributed by atoms with van der Waals surface area (Å²) in [5.41, 5.74) is 5.65. The summed E-state index contributed by atoms with van der Waals surface area (Å²) < 4.78 is 5.33. The van der Waals surface area contributed by atoms with Crippen molar-refractivity contribution >= 4 is 18.4 Å². The summed E-state index contributed by atoms with van der Waals surface area (Å²) in [5.74, 6) is 1.08. The Morgan fingerprint density at radius 1 is 1.18 bits per heavy atom. The van der Waals surface area contributed by atoms with Crippen LogP contribution in [0, 0.1) is 17.8 Å². The molecule has 0 saturated heterocycles. The van der Waals surface area contributed by atoms with Crippen LogP contribution in [0.1, 0.15) is 47.5 Å². The van der Waals surface area contributed by atoms with Crippen LogP contribution in [-0.4, -0.2) is 18.6 Å². The average Bonchev–Trinajstić information content (AvgIpc) is 2.15. The lowest BCUT2D eigenvalue weighted by Gasteiger charge is -2.20. The van der Waals surface area contributed by atoms with E-state index < -0.39 is 0 Å². The topological polar surface area (TPSA) is 52.3 Å². The quantitative estimate of drug-likeness (QED) is 0.720. The number of carbonyl (C=O) groups is 1. The molecule has 0 aromatic heterocycles. The molecule has 0 aliphatic rings. The molecule has 0 aliphatic carbocycles. The highest BCUT2D eigenvalue weighted by Gasteiger charge is 2.18. The minimum atomic E-state index is -0.114. The molecule has 0 aliphatic heterocycles. The molecule has 0 radical (unpaired) electrons. The normalized spacial score (nSPS) is 14.4. The smallest absolute Gasteiger partial charge is 0.306 e. The lowest BCUT2D eigenvalue weighted by molar-refractivity contribution is -0.151. The Balaban J connectivity index is 0. The summed E-state index contributed by atoms with van der Waals surface area (Å²) >= 11 is 0. The van der Waals surface area contributed by atoms with Crippen LogP contribution in [0.15, 0.2) is 0 Å². The predicted molar refractivity (Wildman–Crippen MR) is 74.3 cm³/mol. The van der Waals surface area contributed by atoms with E-state index in [0.717, 1.165) is 6.42 Å². The molecule has 2 N–H and O–H groups in total. The number of rotatable bonds is 7. The van der Waals surface area contributed by atoms with Gasteiger partial charge in [0.15, 0.2) is 0 Å². The maximum Gasteiger partial charge on any atom is 0.306 e. The van der Waals surface area contributed by atoms with Crippen molar-refractivity contribution in [2.75, 3.05) is 6.54 Å². The Labute approximate surface area is 112 Å². The molecule has 0 bridgehead atoms. The molecule has 0 heterocycles. The molecule has 2 atom stereocenters. The second-order valence-electron chi connectivity index (χ2n) is 5.37. The van der Waals surface area contributed by atoms with Crippen molar-refractivity contribution in [3.63, 3.8) is 0 Å². The largest absolute Gasteiger partial charge is 0.462 e. The van der Waals surface area contributed by atoms with Gasteiger partial charge in [0.1, 0.15) is 6.10 Å². The van der Waals surface area contributed by atoms with E-state index in [4.69, 9.17) is 10.5 Å². The first-order chi connectivity index (χ1) is 7.36. The van der Waals surface area contributed by atoms with Crippen molar-refractivity contribution in [1.29, 1.82) is 0 Å². The first kappa shape index (κ1) is 19.1. The predicted octanol–water partition coefficient (Wildman–Crippen LogP) is 3.01. The third-order valence-corrected chi connectivity index (χ3v) is 2.85. The van der Waals surface area contributed by atoms with E-state index in [9.17, 15) is 4.79 Å². The fourth-order valence-corrected chi connectivity index (χ4v) is 1.56. The number of hydrogen-bond acceptors (Lipinski definition) is 3. The summed E-state index contributed by atoms with van der Waals surface area (Å²) in [5, 5.41) is 0. The number of nitrogens with two attached hydrogens (primary N) is 1. The molecular weight excluding hydrogens is 238 g/mol. The Morgan fingerprint density at radius 2 is 1.71 bits per heavy atom. The van der Waals surface area contributed by atoms with Gasteiger partial charge in [-0.1, -0.05) is 27.7 Å². The molecule has 4 heteroatoms. The van der Waals surface area contributed by atoms with E-state index in [1.807, 2.05) is 20.8 Å². The number of halogens is 1. The standard InChI is InChI=1S/C13H27NO2.ClH/c1-9(2)6-12(8-14)7-13(15)16-11(5)10(3)4;/h9-12H,6-8,14H2,1-5H3;1H/t11?,12-;/m0./s1. The van der Waals surface area contributed by atoms with E-state index in [-0.39, 0.29) is 30.4 Å². The van der Waals surface area contributed by atoms with Crippen molar-refractivity contribution in [3.05, 3.63) is 0 Å².